The maximum absolute atomic E-state index is 10.8. The summed E-state index contributed by atoms with van der Waals surface area (Å²) in [5, 5.41) is 14.8. The minimum absolute atomic E-state index is 0.211. The molecule has 2 N–H and O–H groups in total. The molecule has 0 aromatic heterocycles. The Hall–Kier alpha value is -1.75. The second-order valence-electron chi connectivity index (χ2n) is 5.59. The van der Waals surface area contributed by atoms with E-state index in [0.29, 0.717) is 16.5 Å². The van der Waals surface area contributed by atoms with Crippen LogP contribution in [0.1, 0.15) is 28.8 Å². The van der Waals surface area contributed by atoms with Gasteiger partial charge in [0.2, 0.25) is 0 Å². The van der Waals surface area contributed by atoms with Crippen molar-refractivity contribution in [3.8, 4) is 11.5 Å². The lowest BCUT2D eigenvalue weighted by atomic mass is 9.88. The Kier molecular flexibility index (Phi) is 4.76. The summed E-state index contributed by atoms with van der Waals surface area (Å²) in [5.41, 5.74) is 2.98. The number of aliphatic hydroxyl groups excluding tert-OH is 1. The molecule has 0 bridgehead atoms. The van der Waals surface area contributed by atoms with Crippen molar-refractivity contribution in [3.05, 3.63) is 58.1 Å². The molecular weight excluding hydrogens is 314 g/mol. The van der Waals surface area contributed by atoms with Gasteiger partial charge in [-0.1, -0.05) is 23.7 Å². The molecule has 0 spiro atoms. The van der Waals surface area contributed by atoms with Crippen LogP contribution in [-0.2, 0) is 6.42 Å². The van der Waals surface area contributed by atoms with Gasteiger partial charge < -0.3 is 19.9 Å². The number of nitrogens with one attached hydrogen (secondary N) is 1. The van der Waals surface area contributed by atoms with Crippen LogP contribution >= 0.6 is 11.6 Å². The molecule has 1 heterocycles. The van der Waals surface area contributed by atoms with Crippen molar-refractivity contribution in [2.45, 2.75) is 18.6 Å². The highest BCUT2D eigenvalue weighted by Gasteiger charge is 2.29. The Morgan fingerprint density at radius 2 is 1.91 bits per heavy atom. The van der Waals surface area contributed by atoms with Crippen molar-refractivity contribution in [1.29, 1.82) is 0 Å². The third-order valence-electron chi connectivity index (χ3n) is 4.24. The molecule has 0 fully saturated rings. The second-order valence-corrected chi connectivity index (χ2v) is 6.02. The summed E-state index contributed by atoms with van der Waals surface area (Å²) >= 11 is 6.05. The zero-order valence-corrected chi connectivity index (χ0v) is 13.9. The number of aliphatic hydroxyl groups is 1. The number of fused-ring (bicyclic) bond motifs is 1. The van der Waals surface area contributed by atoms with E-state index in [1.807, 2.05) is 24.3 Å². The van der Waals surface area contributed by atoms with Gasteiger partial charge in [0.1, 0.15) is 0 Å². The van der Waals surface area contributed by atoms with Gasteiger partial charge in [-0.15, -0.1) is 0 Å². The fraction of sp³-hybridized carbons (Fsp3) is 0.333. The van der Waals surface area contributed by atoms with Crippen LogP contribution in [-0.4, -0.2) is 25.9 Å². The lowest BCUT2D eigenvalue weighted by Gasteiger charge is -2.31. The van der Waals surface area contributed by atoms with Crippen molar-refractivity contribution < 1.29 is 14.6 Å². The van der Waals surface area contributed by atoms with E-state index in [-0.39, 0.29) is 6.04 Å². The molecule has 5 heteroatoms. The van der Waals surface area contributed by atoms with Crippen LogP contribution < -0.4 is 14.8 Å². The van der Waals surface area contributed by atoms with Gasteiger partial charge in [0.25, 0.3) is 0 Å². The molecule has 0 saturated carbocycles. The van der Waals surface area contributed by atoms with Gasteiger partial charge in [0.05, 0.1) is 26.4 Å². The second kappa shape index (κ2) is 6.79. The van der Waals surface area contributed by atoms with Gasteiger partial charge in [-0.05, 0) is 53.9 Å². The largest absolute Gasteiger partial charge is 0.493 e. The van der Waals surface area contributed by atoms with Gasteiger partial charge in [-0.2, -0.15) is 0 Å². The first-order chi connectivity index (χ1) is 11.1. The molecule has 0 saturated heterocycles. The number of halogens is 1. The quantitative estimate of drug-likeness (QED) is 0.901. The molecule has 2 aromatic rings. The summed E-state index contributed by atoms with van der Waals surface area (Å²) in [6.45, 7) is 0.796. The van der Waals surface area contributed by atoms with Crippen LogP contribution in [0.2, 0.25) is 5.02 Å². The number of rotatable bonds is 4. The lowest BCUT2D eigenvalue weighted by molar-refractivity contribution is 0.125. The number of methoxy groups -OCH3 is 2. The van der Waals surface area contributed by atoms with Gasteiger partial charge >= 0.3 is 0 Å². The highest BCUT2D eigenvalue weighted by atomic mass is 35.5. The molecule has 1 aliphatic heterocycles. The predicted molar refractivity (Wildman–Crippen MR) is 90.4 cm³/mol. The molecule has 2 aromatic carbocycles. The van der Waals surface area contributed by atoms with E-state index in [4.69, 9.17) is 21.1 Å². The van der Waals surface area contributed by atoms with Crippen LogP contribution in [0.25, 0.3) is 0 Å². The standard InChI is InChI=1S/C18H20ClNO3/c1-22-15-9-11-6-7-20-17(14(11)10-16(15)23-2)18(21)12-4-3-5-13(19)8-12/h3-5,8-10,17-18,20-21H,6-7H2,1-2H3. The monoisotopic (exact) mass is 333 g/mol. The topological polar surface area (TPSA) is 50.7 Å². The molecule has 0 radical (unpaired) electrons. The molecule has 3 rings (SSSR count). The van der Waals surface area contributed by atoms with Crippen molar-refractivity contribution in [3.63, 3.8) is 0 Å². The predicted octanol–water partition coefficient (Wildman–Crippen LogP) is 3.28. The molecule has 122 valence electrons. The molecule has 4 nitrogen and oxygen atoms in total. The molecule has 2 unspecified atom stereocenters. The van der Waals surface area contributed by atoms with Crippen molar-refractivity contribution >= 4 is 11.6 Å². The molecule has 0 aliphatic carbocycles. The zero-order chi connectivity index (χ0) is 16.4. The highest BCUT2D eigenvalue weighted by molar-refractivity contribution is 6.30. The smallest absolute Gasteiger partial charge is 0.161 e. The fourth-order valence-electron chi connectivity index (χ4n) is 3.08. The maximum Gasteiger partial charge on any atom is 0.161 e. The SMILES string of the molecule is COc1cc2c(cc1OC)C(C(O)c1cccc(Cl)c1)NCC2. The summed E-state index contributed by atoms with van der Waals surface area (Å²) in [5.74, 6) is 1.38. The van der Waals surface area contributed by atoms with Gasteiger partial charge in [0.15, 0.2) is 11.5 Å². The van der Waals surface area contributed by atoms with E-state index in [2.05, 4.69) is 5.32 Å². The van der Waals surface area contributed by atoms with Crippen molar-refractivity contribution in [2.75, 3.05) is 20.8 Å². The Labute approximate surface area is 141 Å². The van der Waals surface area contributed by atoms with Crippen molar-refractivity contribution in [2.24, 2.45) is 0 Å². The minimum Gasteiger partial charge on any atom is -0.493 e. The first-order valence-electron chi connectivity index (χ1n) is 7.55. The van der Waals surface area contributed by atoms with E-state index >= 15 is 0 Å². The van der Waals surface area contributed by atoms with E-state index < -0.39 is 6.10 Å². The fourth-order valence-corrected chi connectivity index (χ4v) is 3.28. The van der Waals surface area contributed by atoms with Crippen LogP contribution in [0.15, 0.2) is 36.4 Å². The summed E-state index contributed by atoms with van der Waals surface area (Å²) in [7, 11) is 3.24. The zero-order valence-electron chi connectivity index (χ0n) is 13.2. The Morgan fingerprint density at radius 1 is 1.17 bits per heavy atom. The summed E-state index contributed by atoms with van der Waals surface area (Å²) in [4.78, 5) is 0. The van der Waals surface area contributed by atoms with E-state index in [9.17, 15) is 5.11 Å². The third-order valence-corrected chi connectivity index (χ3v) is 4.48. The van der Waals surface area contributed by atoms with Crippen LogP contribution in [0.3, 0.4) is 0 Å². The lowest BCUT2D eigenvalue weighted by Crippen LogP contribution is -2.34. The Balaban J connectivity index is 2.00. The number of hydrogen-bond acceptors (Lipinski definition) is 4. The summed E-state index contributed by atoms with van der Waals surface area (Å²) < 4.78 is 10.8. The van der Waals surface area contributed by atoms with Gasteiger partial charge in [-0.25, -0.2) is 0 Å². The summed E-state index contributed by atoms with van der Waals surface area (Å²) in [6.07, 6.45) is 0.194. The number of benzene rings is 2. The molecule has 1 aliphatic rings. The van der Waals surface area contributed by atoms with Crippen molar-refractivity contribution in [1.82, 2.24) is 5.32 Å². The summed E-state index contributed by atoms with van der Waals surface area (Å²) in [6, 6.07) is 11.0. The third kappa shape index (κ3) is 3.15. The number of hydrogen-bond donors (Lipinski definition) is 2. The maximum atomic E-state index is 10.8. The minimum atomic E-state index is -0.689. The number of ether oxygens (including phenoxy) is 2. The van der Waals surface area contributed by atoms with E-state index in [1.54, 1.807) is 26.4 Å². The first-order valence-corrected chi connectivity index (χ1v) is 7.93. The van der Waals surface area contributed by atoms with E-state index in [0.717, 1.165) is 29.7 Å². The Morgan fingerprint density at radius 3 is 2.61 bits per heavy atom. The molecule has 2 atom stereocenters. The average Bonchev–Trinajstić information content (AvgIpc) is 2.59. The van der Waals surface area contributed by atoms with E-state index in [1.165, 1.54) is 0 Å². The van der Waals surface area contributed by atoms with Crippen LogP contribution in [0.5, 0.6) is 11.5 Å². The van der Waals surface area contributed by atoms with Gasteiger partial charge in [-0.3, -0.25) is 0 Å². The van der Waals surface area contributed by atoms with Gasteiger partial charge in [0, 0.05) is 5.02 Å². The average molecular weight is 334 g/mol. The molecular formula is C18H20ClNO3. The first kappa shape index (κ1) is 16.1. The van der Waals surface area contributed by atoms with Crippen LogP contribution in [0, 0.1) is 0 Å². The molecule has 23 heavy (non-hydrogen) atoms. The van der Waals surface area contributed by atoms with Crippen LogP contribution in [0.4, 0.5) is 0 Å². The molecule has 0 amide bonds. The highest BCUT2D eigenvalue weighted by Crippen LogP contribution is 2.39. The Bertz CT molecular complexity index is 705. The normalized spacial score (nSPS) is 18.2.